The van der Waals surface area contributed by atoms with E-state index in [0.29, 0.717) is 6.54 Å². The molecule has 1 N–H and O–H groups in total. The predicted molar refractivity (Wildman–Crippen MR) is 69.4 cm³/mol. The number of nitro benzene ring substituents is 1. The number of anilines is 1. The SMILES string of the molecule is Cc1ccncc1CNc1cc(F)ccc1[N+](=O)[O-]. The van der Waals surface area contributed by atoms with Gasteiger partial charge in [-0.3, -0.25) is 15.1 Å². The van der Waals surface area contributed by atoms with Crippen LogP contribution < -0.4 is 5.32 Å². The first-order chi connectivity index (χ1) is 9.08. The fraction of sp³-hybridized carbons (Fsp3) is 0.154. The molecule has 0 saturated heterocycles. The van der Waals surface area contributed by atoms with Crippen LogP contribution in [0.2, 0.25) is 0 Å². The third kappa shape index (κ3) is 3.04. The van der Waals surface area contributed by atoms with Crippen molar-refractivity contribution in [1.29, 1.82) is 0 Å². The van der Waals surface area contributed by atoms with Gasteiger partial charge in [0.15, 0.2) is 0 Å². The lowest BCUT2D eigenvalue weighted by Crippen LogP contribution is -2.04. The average Bonchev–Trinajstić information content (AvgIpc) is 2.37. The smallest absolute Gasteiger partial charge is 0.292 e. The fourth-order valence-electron chi connectivity index (χ4n) is 1.68. The highest BCUT2D eigenvalue weighted by Gasteiger charge is 2.14. The van der Waals surface area contributed by atoms with E-state index in [1.807, 2.05) is 13.0 Å². The van der Waals surface area contributed by atoms with Gasteiger partial charge in [0.2, 0.25) is 0 Å². The van der Waals surface area contributed by atoms with Gasteiger partial charge in [0, 0.05) is 31.1 Å². The summed E-state index contributed by atoms with van der Waals surface area (Å²) in [5.41, 5.74) is 1.93. The molecule has 1 aromatic carbocycles. The second-order valence-electron chi connectivity index (χ2n) is 4.07. The zero-order valence-corrected chi connectivity index (χ0v) is 10.3. The summed E-state index contributed by atoms with van der Waals surface area (Å²) in [5.74, 6) is -0.518. The number of nitrogens with zero attached hydrogens (tertiary/aromatic N) is 2. The highest BCUT2D eigenvalue weighted by molar-refractivity contribution is 5.61. The molecule has 19 heavy (non-hydrogen) atoms. The van der Waals surface area contributed by atoms with Gasteiger partial charge in [-0.05, 0) is 30.2 Å². The molecule has 0 atom stereocenters. The van der Waals surface area contributed by atoms with Gasteiger partial charge in [-0.2, -0.15) is 0 Å². The first kappa shape index (κ1) is 12.9. The van der Waals surface area contributed by atoms with Crippen molar-refractivity contribution in [3.05, 3.63) is 63.7 Å². The molecular weight excluding hydrogens is 249 g/mol. The molecule has 2 aromatic rings. The molecule has 5 nitrogen and oxygen atoms in total. The molecule has 0 saturated carbocycles. The number of pyridine rings is 1. The van der Waals surface area contributed by atoms with E-state index in [9.17, 15) is 14.5 Å². The van der Waals surface area contributed by atoms with Gasteiger partial charge < -0.3 is 5.32 Å². The first-order valence-corrected chi connectivity index (χ1v) is 5.65. The normalized spacial score (nSPS) is 10.2. The summed E-state index contributed by atoms with van der Waals surface area (Å²) in [7, 11) is 0. The van der Waals surface area contributed by atoms with Crippen LogP contribution in [0.1, 0.15) is 11.1 Å². The molecule has 2 rings (SSSR count). The molecule has 6 heteroatoms. The van der Waals surface area contributed by atoms with Gasteiger partial charge in [-0.1, -0.05) is 0 Å². The largest absolute Gasteiger partial charge is 0.375 e. The van der Waals surface area contributed by atoms with Crippen LogP contribution in [0.25, 0.3) is 0 Å². The standard InChI is InChI=1S/C13H12FN3O2/c1-9-4-5-15-7-10(9)8-16-12-6-11(14)2-3-13(12)17(18)19/h2-7,16H,8H2,1H3. The number of benzene rings is 1. The van der Waals surface area contributed by atoms with Crippen LogP contribution in [0.4, 0.5) is 15.8 Å². The van der Waals surface area contributed by atoms with Gasteiger partial charge in [-0.25, -0.2) is 4.39 Å². The minimum atomic E-state index is -0.544. The van der Waals surface area contributed by atoms with E-state index in [-0.39, 0.29) is 11.4 Å². The third-order valence-electron chi connectivity index (χ3n) is 2.77. The van der Waals surface area contributed by atoms with Crippen molar-refractivity contribution in [1.82, 2.24) is 4.98 Å². The van der Waals surface area contributed by atoms with Crippen molar-refractivity contribution in [3.8, 4) is 0 Å². The highest BCUT2D eigenvalue weighted by atomic mass is 19.1. The molecule has 0 bridgehead atoms. The quantitative estimate of drug-likeness (QED) is 0.678. The minimum Gasteiger partial charge on any atom is -0.375 e. The van der Waals surface area contributed by atoms with Crippen molar-refractivity contribution in [3.63, 3.8) is 0 Å². The average molecular weight is 261 g/mol. The Hall–Kier alpha value is -2.50. The lowest BCUT2D eigenvalue weighted by atomic mass is 10.1. The summed E-state index contributed by atoms with van der Waals surface area (Å²) in [6.07, 6.45) is 3.34. The monoisotopic (exact) mass is 261 g/mol. The second kappa shape index (κ2) is 5.43. The fourth-order valence-corrected chi connectivity index (χ4v) is 1.68. The summed E-state index contributed by atoms with van der Waals surface area (Å²) in [6.45, 7) is 2.27. The first-order valence-electron chi connectivity index (χ1n) is 5.65. The molecule has 0 aliphatic heterocycles. The molecule has 0 radical (unpaired) electrons. The zero-order valence-electron chi connectivity index (χ0n) is 10.3. The van der Waals surface area contributed by atoms with Gasteiger partial charge in [-0.15, -0.1) is 0 Å². The van der Waals surface area contributed by atoms with Gasteiger partial charge in [0.05, 0.1) is 4.92 Å². The van der Waals surface area contributed by atoms with Gasteiger partial charge in [0.1, 0.15) is 11.5 Å². The molecule has 0 unspecified atom stereocenters. The van der Waals surface area contributed by atoms with Crippen LogP contribution in [-0.4, -0.2) is 9.91 Å². The third-order valence-corrected chi connectivity index (χ3v) is 2.77. The van der Waals surface area contributed by atoms with E-state index in [2.05, 4.69) is 10.3 Å². The number of halogens is 1. The highest BCUT2D eigenvalue weighted by Crippen LogP contribution is 2.25. The number of rotatable bonds is 4. The Morgan fingerprint density at radius 3 is 2.89 bits per heavy atom. The zero-order chi connectivity index (χ0) is 13.8. The summed E-state index contributed by atoms with van der Waals surface area (Å²) in [4.78, 5) is 14.3. The maximum Gasteiger partial charge on any atom is 0.292 e. The van der Waals surface area contributed by atoms with Crippen LogP contribution in [-0.2, 0) is 6.54 Å². The number of hydrogen-bond donors (Lipinski definition) is 1. The van der Waals surface area contributed by atoms with E-state index in [1.54, 1.807) is 12.4 Å². The summed E-state index contributed by atoms with van der Waals surface area (Å²) < 4.78 is 13.1. The Bertz CT molecular complexity index is 617. The Labute approximate surface area is 109 Å². The molecule has 0 fully saturated rings. The Balaban J connectivity index is 2.22. The van der Waals surface area contributed by atoms with E-state index in [1.165, 1.54) is 0 Å². The lowest BCUT2D eigenvalue weighted by Gasteiger charge is -2.09. The number of aryl methyl sites for hydroxylation is 1. The molecule has 0 aliphatic carbocycles. The maximum absolute atomic E-state index is 13.1. The van der Waals surface area contributed by atoms with Crippen LogP contribution in [0.3, 0.4) is 0 Å². The molecule has 1 aromatic heterocycles. The summed E-state index contributed by atoms with van der Waals surface area (Å²) in [5, 5.41) is 13.7. The van der Waals surface area contributed by atoms with Crippen LogP contribution in [0.5, 0.6) is 0 Å². The van der Waals surface area contributed by atoms with E-state index < -0.39 is 10.7 Å². The van der Waals surface area contributed by atoms with Crippen LogP contribution in [0.15, 0.2) is 36.7 Å². The van der Waals surface area contributed by atoms with Crippen molar-refractivity contribution in [2.24, 2.45) is 0 Å². The van der Waals surface area contributed by atoms with Crippen molar-refractivity contribution in [2.45, 2.75) is 13.5 Å². The number of aromatic nitrogens is 1. The van der Waals surface area contributed by atoms with Crippen LogP contribution >= 0.6 is 0 Å². The summed E-state index contributed by atoms with van der Waals surface area (Å²) in [6, 6.07) is 5.17. The maximum atomic E-state index is 13.1. The van der Waals surface area contributed by atoms with Gasteiger partial charge in [0.25, 0.3) is 5.69 Å². The van der Waals surface area contributed by atoms with Crippen molar-refractivity contribution >= 4 is 11.4 Å². The van der Waals surface area contributed by atoms with Crippen LogP contribution in [0, 0.1) is 22.9 Å². The molecular formula is C13H12FN3O2. The topological polar surface area (TPSA) is 68.1 Å². The number of nitrogens with one attached hydrogen (secondary N) is 1. The molecule has 1 heterocycles. The Kier molecular flexibility index (Phi) is 3.70. The molecule has 0 aliphatic rings. The van der Waals surface area contributed by atoms with E-state index in [0.717, 1.165) is 29.3 Å². The lowest BCUT2D eigenvalue weighted by molar-refractivity contribution is -0.384. The number of nitro groups is 1. The van der Waals surface area contributed by atoms with E-state index in [4.69, 9.17) is 0 Å². The number of hydrogen-bond acceptors (Lipinski definition) is 4. The van der Waals surface area contributed by atoms with Crippen molar-refractivity contribution in [2.75, 3.05) is 5.32 Å². The summed E-state index contributed by atoms with van der Waals surface area (Å²) >= 11 is 0. The van der Waals surface area contributed by atoms with E-state index >= 15 is 0 Å². The second-order valence-corrected chi connectivity index (χ2v) is 4.07. The molecule has 0 amide bonds. The van der Waals surface area contributed by atoms with Gasteiger partial charge >= 0.3 is 0 Å². The Morgan fingerprint density at radius 1 is 1.42 bits per heavy atom. The predicted octanol–water partition coefficient (Wildman–Crippen LogP) is 3.05. The molecule has 0 spiro atoms. The Morgan fingerprint density at radius 2 is 2.21 bits per heavy atom. The van der Waals surface area contributed by atoms with Crippen molar-refractivity contribution < 1.29 is 9.31 Å². The molecule has 98 valence electrons. The minimum absolute atomic E-state index is 0.150.